The highest BCUT2D eigenvalue weighted by Gasteiger charge is 2.34. The molecule has 3 amide bonds. The van der Waals surface area contributed by atoms with E-state index in [0.29, 0.717) is 32.5 Å². The third kappa shape index (κ3) is 10.5. The molecule has 0 aromatic carbocycles. The van der Waals surface area contributed by atoms with E-state index in [0.717, 1.165) is 43.6 Å². The molecule has 26 heavy (non-hydrogen) atoms. The van der Waals surface area contributed by atoms with Gasteiger partial charge in [0.25, 0.3) is 0 Å². The van der Waals surface area contributed by atoms with E-state index < -0.39 is 0 Å². The number of likely N-dealkylation sites (N-methyl/N-ethyl adjacent to an activating group) is 1. The summed E-state index contributed by atoms with van der Waals surface area (Å²) in [7, 11) is 1.54. The van der Waals surface area contributed by atoms with Gasteiger partial charge in [0.2, 0.25) is 17.7 Å². The smallest absolute Gasteiger partial charge is 0.232 e. The molecule has 0 saturated carbocycles. The summed E-state index contributed by atoms with van der Waals surface area (Å²) in [5, 5.41) is 12.7. The number of carbonyl (C=O) groups excluding carboxylic acids is 3. The van der Waals surface area contributed by atoms with Gasteiger partial charge in [0.15, 0.2) is 0 Å². The van der Waals surface area contributed by atoms with Gasteiger partial charge in [-0.05, 0) is 12.8 Å². The quantitative estimate of drug-likeness (QED) is 0.313. The Balaban J connectivity index is 0.00000301. The van der Waals surface area contributed by atoms with E-state index in [9.17, 15) is 14.4 Å². The number of imide groups is 1. The van der Waals surface area contributed by atoms with Crippen LogP contribution in [0.3, 0.4) is 0 Å². The van der Waals surface area contributed by atoms with Gasteiger partial charge in [0.1, 0.15) is 0 Å². The van der Waals surface area contributed by atoms with Gasteiger partial charge in [0, 0.05) is 45.4 Å². The first-order chi connectivity index (χ1) is 12.4. The Kier molecular flexibility index (Phi) is 13.8. The minimum Gasteiger partial charge on any atom is -0.355 e. The van der Waals surface area contributed by atoms with E-state index in [1.165, 1.54) is 4.90 Å². The average Bonchev–Trinajstić information content (AvgIpc) is 2.84. The Morgan fingerprint density at radius 2 is 1.73 bits per heavy atom. The number of amides is 3. The first-order valence-electron chi connectivity index (χ1n) is 9.92. The summed E-state index contributed by atoms with van der Waals surface area (Å²) in [6.45, 7) is 7.23. The second-order valence-electron chi connectivity index (χ2n) is 6.59. The Hall–Kier alpha value is -1.47. The Morgan fingerprint density at radius 1 is 1.15 bits per heavy atom. The fourth-order valence-electron chi connectivity index (χ4n) is 2.79. The molecule has 0 radical (unpaired) electrons. The van der Waals surface area contributed by atoms with Crippen molar-refractivity contribution in [3.05, 3.63) is 0 Å². The highest BCUT2D eigenvalue weighted by Crippen LogP contribution is 2.19. The van der Waals surface area contributed by atoms with Crippen molar-refractivity contribution in [2.45, 2.75) is 72.1 Å². The molecule has 152 valence electrons. The lowest BCUT2D eigenvalue weighted by molar-refractivity contribution is -0.139. The molecule has 1 aliphatic heterocycles. The molecule has 1 atom stereocenters. The van der Waals surface area contributed by atoms with Crippen molar-refractivity contribution in [1.82, 2.24) is 15.3 Å². The molecule has 1 rings (SSSR count). The summed E-state index contributed by atoms with van der Waals surface area (Å²) < 4.78 is 0. The lowest BCUT2D eigenvalue weighted by atomic mass is 10.1. The first kappa shape index (κ1) is 24.5. The minimum atomic E-state index is -0.151. The highest BCUT2D eigenvalue weighted by atomic mass is 16.5. The number of likely N-dealkylation sites (tertiary alicyclic amines) is 1. The minimum absolute atomic E-state index is 0.0250. The molecule has 0 aliphatic carbocycles. The molecular weight excluding hydrogens is 334 g/mol. The molecule has 7 nitrogen and oxygen atoms in total. The van der Waals surface area contributed by atoms with Crippen LogP contribution in [-0.2, 0) is 14.4 Å². The van der Waals surface area contributed by atoms with Crippen molar-refractivity contribution < 1.29 is 19.6 Å². The van der Waals surface area contributed by atoms with Crippen LogP contribution in [0.25, 0.3) is 0 Å². The third-order valence-electron chi connectivity index (χ3n) is 4.26. The van der Waals surface area contributed by atoms with Crippen molar-refractivity contribution in [1.29, 1.82) is 0 Å². The number of hydroxylamine groups is 2. The average molecular weight is 372 g/mol. The molecule has 1 heterocycles. The lowest BCUT2D eigenvalue weighted by Crippen LogP contribution is -2.31. The zero-order chi connectivity index (χ0) is 19.9. The predicted octanol–water partition coefficient (Wildman–Crippen LogP) is 2.58. The molecule has 2 N–H and O–H groups in total. The monoisotopic (exact) mass is 371 g/mol. The van der Waals surface area contributed by atoms with Gasteiger partial charge >= 0.3 is 0 Å². The molecule has 1 aliphatic rings. The zero-order valence-corrected chi connectivity index (χ0v) is 16.9. The van der Waals surface area contributed by atoms with E-state index in [4.69, 9.17) is 5.21 Å². The Labute approximate surface area is 158 Å². The molecular formula is C19H37N3O4. The van der Waals surface area contributed by atoms with Crippen LogP contribution >= 0.6 is 0 Å². The highest BCUT2D eigenvalue weighted by molar-refractivity contribution is 6.03. The number of nitrogens with one attached hydrogen (secondary N) is 1. The number of rotatable bonds is 12. The second-order valence-corrected chi connectivity index (χ2v) is 6.59. The molecule has 1 fully saturated rings. The predicted molar refractivity (Wildman–Crippen MR) is 102 cm³/mol. The topological polar surface area (TPSA) is 90.0 Å². The Bertz CT molecular complexity index is 427. The third-order valence-corrected chi connectivity index (χ3v) is 4.26. The van der Waals surface area contributed by atoms with Gasteiger partial charge in [-0.25, -0.2) is 0 Å². The molecule has 1 saturated heterocycles. The van der Waals surface area contributed by atoms with Crippen LogP contribution in [0.15, 0.2) is 0 Å². The van der Waals surface area contributed by atoms with Gasteiger partial charge < -0.3 is 10.5 Å². The van der Waals surface area contributed by atoms with Crippen LogP contribution in [-0.4, -0.2) is 59.6 Å². The standard InChI is InChI=1S/C17H31N3O4.C2H6/c1-14-13-16(22)20(17(14)23)11-8-6-4-3-5-7-9-15(21)18-10-12-19(2)24;1-2/h14,24H,3-13H2,1-2H3,(H,18,21);1-2H3. The molecule has 0 aromatic heterocycles. The lowest BCUT2D eigenvalue weighted by Gasteiger charge is -2.13. The fraction of sp³-hybridized carbons (Fsp3) is 0.842. The van der Waals surface area contributed by atoms with E-state index in [2.05, 4.69) is 5.32 Å². The summed E-state index contributed by atoms with van der Waals surface area (Å²) in [4.78, 5) is 36.3. The van der Waals surface area contributed by atoms with Gasteiger partial charge in [-0.15, -0.1) is 0 Å². The molecule has 1 unspecified atom stereocenters. The molecule has 0 spiro atoms. The zero-order valence-electron chi connectivity index (χ0n) is 16.9. The Morgan fingerprint density at radius 3 is 2.27 bits per heavy atom. The number of hydrogen-bond acceptors (Lipinski definition) is 5. The van der Waals surface area contributed by atoms with Crippen molar-refractivity contribution in [2.24, 2.45) is 5.92 Å². The second kappa shape index (κ2) is 14.7. The van der Waals surface area contributed by atoms with Crippen LogP contribution < -0.4 is 5.32 Å². The van der Waals surface area contributed by atoms with Crippen LogP contribution in [0.2, 0.25) is 0 Å². The van der Waals surface area contributed by atoms with Crippen LogP contribution in [0.5, 0.6) is 0 Å². The number of carbonyl (C=O) groups is 3. The number of hydrogen-bond donors (Lipinski definition) is 2. The van der Waals surface area contributed by atoms with E-state index in [1.807, 2.05) is 13.8 Å². The van der Waals surface area contributed by atoms with Crippen molar-refractivity contribution in [3.8, 4) is 0 Å². The van der Waals surface area contributed by atoms with Gasteiger partial charge in [-0.3, -0.25) is 19.3 Å². The summed E-state index contributed by atoms with van der Waals surface area (Å²) in [6.07, 6.45) is 6.72. The maximum absolute atomic E-state index is 11.7. The SMILES string of the molecule is CC.CC1CC(=O)N(CCCCCCCCC(=O)NCCN(C)O)C1=O. The first-order valence-corrected chi connectivity index (χ1v) is 9.92. The van der Waals surface area contributed by atoms with Crippen LogP contribution in [0.1, 0.15) is 72.1 Å². The number of nitrogens with zero attached hydrogens (tertiary/aromatic N) is 2. The summed E-state index contributed by atoms with van der Waals surface area (Å²) >= 11 is 0. The van der Waals surface area contributed by atoms with Crippen molar-refractivity contribution >= 4 is 17.7 Å². The van der Waals surface area contributed by atoms with Gasteiger partial charge in [-0.2, -0.15) is 5.06 Å². The van der Waals surface area contributed by atoms with Crippen molar-refractivity contribution in [2.75, 3.05) is 26.7 Å². The summed E-state index contributed by atoms with van der Waals surface area (Å²) in [6, 6.07) is 0. The normalized spacial score (nSPS) is 16.7. The van der Waals surface area contributed by atoms with Gasteiger partial charge in [-0.1, -0.05) is 46.5 Å². The van der Waals surface area contributed by atoms with Crippen molar-refractivity contribution in [3.63, 3.8) is 0 Å². The van der Waals surface area contributed by atoms with E-state index in [1.54, 1.807) is 14.0 Å². The largest absolute Gasteiger partial charge is 0.355 e. The maximum atomic E-state index is 11.7. The van der Waals surface area contributed by atoms with Crippen LogP contribution in [0.4, 0.5) is 0 Å². The summed E-state index contributed by atoms with van der Waals surface area (Å²) in [5.41, 5.74) is 0. The number of unbranched alkanes of at least 4 members (excludes halogenated alkanes) is 5. The maximum Gasteiger partial charge on any atom is 0.232 e. The molecule has 0 bridgehead atoms. The van der Waals surface area contributed by atoms with E-state index in [-0.39, 0.29) is 23.6 Å². The molecule has 0 aromatic rings. The molecule has 7 heteroatoms. The summed E-state index contributed by atoms with van der Waals surface area (Å²) in [5.74, 6) is -0.192. The van der Waals surface area contributed by atoms with E-state index >= 15 is 0 Å². The van der Waals surface area contributed by atoms with Crippen LogP contribution in [0, 0.1) is 5.92 Å². The fourth-order valence-corrected chi connectivity index (χ4v) is 2.79. The van der Waals surface area contributed by atoms with Gasteiger partial charge in [0.05, 0.1) is 0 Å².